The predicted octanol–water partition coefficient (Wildman–Crippen LogP) is 4.07. The van der Waals surface area contributed by atoms with Gasteiger partial charge in [0, 0.05) is 30.9 Å². The van der Waals surface area contributed by atoms with E-state index in [0.717, 1.165) is 37.6 Å². The summed E-state index contributed by atoms with van der Waals surface area (Å²) in [6, 6.07) is 10.5. The van der Waals surface area contributed by atoms with Gasteiger partial charge in [-0.2, -0.15) is 13.2 Å². The third kappa shape index (κ3) is 6.15. The Morgan fingerprint density at radius 2 is 1.75 bits per heavy atom. The van der Waals surface area contributed by atoms with E-state index in [-0.39, 0.29) is 37.0 Å². The van der Waals surface area contributed by atoms with Crippen molar-refractivity contribution >= 4 is 17.5 Å². The third-order valence-electron chi connectivity index (χ3n) is 5.13. The van der Waals surface area contributed by atoms with E-state index < -0.39 is 17.6 Å². The lowest BCUT2D eigenvalue weighted by molar-refractivity contribution is -0.137. The van der Waals surface area contributed by atoms with Gasteiger partial charge in [0.05, 0.1) is 18.7 Å². The van der Waals surface area contributed by atoms with Crippen LogP contribution in [0.1, 0.15) is 41.3 Å². The molecule has 1 aliphatic heterocycles. The molecular formula is C23H26F3N3O3. The van der Waals surface area contributed by atoms with E-state index in [4.69, 9.17) is 4.74 Å². The van der Waals surface area contributed by atoms with Crippen molar-refractivity contribution in [2.75, 3.05) is 31.6 Å². The van der Waals surface area contributed by atoms with Crippen LogP contribution in [0.5, 0.6) is 5.75 Å². The SMILES string of the molecule is CCOc1ccc(NCC(=O)NCc2ccc(C(=O)N3CCCC3)cc2)c(C(F)(F)F)c1. The van der Waals surface area contributed by atoms with Gasteiger partial charge in [0.15, 0.2) is 0 Å². The molecule has 0 bridgehead atoms. The minimum atomic E-state index is -4.58. The fourth-order valence-corrected chi connectivity index (χ4v) is 3.48. The molecule has 2 amide bonds. The molecule has 0 aromatic heterocycles. The molecule has 172 valence electrons. The summed E-state index contributed by atoms with van der Waals surface area (Å²) < 4.78 is 45.1. The Morgan fingerprint density at radius 3 is 2.38 bits per heavy atom. The van der Waals surface area contributed by atoms with E-state index in [0.29, 0.717) is 5.56 Å². The standard InChI is InChI=1S/C23H26F3N3O3/c1-2-32-18-9-10-20(19(13-18)23(24,25)26)27-15-21(30)28-14-16-5-7-17(8-6-16)22(31)29-11-3-4-12-29/h5-10,13,27H,2-4,11-12,14-15H2,1H3,(H,28,30). The number of rotatable bonds is 8. The number of benzene rings is 2. The van der Waals surface area contributed by atoms with Crippen LogP contribution in [0, 0.1) is 0 Å². The summed E-state index contributed by atoms with van der Waals surface area (Å²) in [4.78, 5) is 26.3. The number of hydrogen-bond acceptors (Lipinski definition) is 4. The van der Waals surface area contributed by atoms with Gasteiger partial charge in [0.1, 0.15) is 5.75 Å². The fourth-order valence-electron chi connectivity index (χ4n) is 3.48. The number of carbonyl (C=O) groups excluding carboxylic acids is 2. The van der Waals surface area contributed by atoms with E-state index in [1.807, 2.05) is 4.90 Å². The Labute approximate surface area is 184 Å². The number of hydrogen-bond donors (Lipinski definition) is 2. The maximum Gasteiger partial charge on any atom is 0.418 e. The molecule has 2 aromatic rings. The smallest absolute Gasteiger partial charge is 0.418 e. The minimum absolute atomic E-state index is 0.00175. The van der Waals surface area contributed by atoms with Crippen LogP contribution in [0.4, 0.5) is 18.9 Å². The maximum atomic E-state index is 13.3. The van der Waals surface area contributed by atoms with Crippen molar-refractivity contribution in [3.63, 3.8) is 0 Å². The highest BCUT2D eigenvalue weighted by atomic mass is 19.4. The van der Waals surface area contributed by atoms with Crippen LogP contribution >= 0.6 is 0 Å². The highest BCUT2D eigenvalue weighted by molar-refractivity contribution is 5.94. The van der Waals surface area contributed by atoms with Gasteiger partial charge in [0.2, 0.25) is 5.91 Å². The Bertz CT molecular complexity index is 940. The third-order valence-corrected chi connectivity index (χ3v) is 5.13. The zero-order chi connectivity index (χ0) is 23.1. The lowest BCUT2D eigenvalue weighted by Crippen LogP contribution is -2.30. The van der Waals surface area contributed by atoms with Crippen molar-refractivity contribution in [2.45, 2.75) is 32.5 Å². The van der Waals surface area contributed by atoms with Gasteiger partial charge in [-0.1, -0.05) is 12.1 Å². The molecule has 1 fully saturated rings. The van der Waals surface area contributed by atoms with E-state index in [9.17, 15) is 22.8 Å². The van der Waals surface area contributed by atoms with Crippen molar-refractivity contribution in [1.29, 1.82) is 0 Å². The molecule has 2 aromatic carbocycles. The quantitative estimate of drug-likeness (QED) is 0.638. The van der Waals surface area contributed by atoms with Crippen LogP contribution in [-0.2, 0) is 17.5 Å². The summed E-state index contributed by atoms with van der Waals surface area (Å²) in [6.07, 6.45) is -2.55. The second-order valence-corrected chi connectivity index (χ2v) is 7.46. The van der Waals surface area contributed by atoms with Gasteiger partial charge in [-0.15, -0.1) is 0 Å². The van der Waals surface area contributed by atoms with Crippen LogP contribution in [0.2, 0.25) is 0 Å². The number of nitrogens with one attached hydrogen (secondary N) is 2. The number of halogens is 3. The Morgan fingerprint density at radius 1 is 1.06 bits per heavy atom. The topological polar surface area (TPSA) is 70.7 Å². The molecule has 1 heterocycles. The summed E-state index contributed by atoms with van der Waals surface area (Å²) >= 11 is 0. The van der Waals surface area contributed by atoms with E-state index in [2.05, 4.69) is 10.6 Å². The molecule has 9 heteroatoms. The molecular weight excluding hydrogens is 423 g/mol. The van der Waals surface area contributed by atoms with Gasteiger partial charge >= 0.3 is 6.18 Å². The second-order valence-electron chi connectivity index (χ2n) is 7.46. The number of anilines is 1. The first kappa shape index (κ1) is 23.4. The first-order chi connectivity index (χ1) is 15.3. The Kier molecular flexibility index (Phi) is 7.61. The number of ether oxygens (including phenoxy) is 1. The van der Waals surface area contributed by atoms with Gasteiger partial charge < -0.3 is 20.3 Å². The van der Waals surface area contributed by atoms with E-state index >= 15 is 0 Å². The van der Waals surface area contributed by atoms with Crippen LogP contribution in [0.15, 0.2) is 42.5 Å². The summed E-state index contributed by atoms with van der Waals surface area (Å²) in [5, 5.41) is 5.20. The molecule has 0 unspecified atom stereocenters. The minimum Gasteiger partial charge on any atom is -0.494 e. The molecule has 0 aliphatic carbocycles. The molecule has 2 N–H and O–H groups in total. The largest absolute Gasteiger partial charge is 0.494 e. The van der Waals surface area contributed by atoms with Gasteiger partial charge in [0.25, 0.3) is 5.91 Å². The highest BCUT2D eigenvalue weighted by Crippen LogP contribution is 2.37. The number of alkyl halides is 3. The summed E-state index contributed by atoms with van der Waals surface area (Å²) in [7, 11) is 0. The van der Waals surface area contributed by atoms with Gasteiger partial charge in [-0.25, -0.2) is 0 Å². The molecule has 1 aliphatic rings. The van der Waals surface area contributed by atoms with E-state index in [1.165, 1.54) is 12.1 Å². The fraction of sp³-hybridized carbons (Fsp3) is 0.391. The zero-order valence-electron chi connectivity index (χ0n) is 17.8. The van der Waals surface area contributed by atoms with Crippen LogP contribution in [0.3, 0.4) is 0 Å². The van der Waals surface area contributed by atoms with Crippen LogP contribution in [0.25, 0.3) is 0 Å². The molecule has 0 atom stereocenters. The van der Waals surface area contributed by atoms with Crippen molar-refractivity contribution in [1.82, 2.24) is 10.2 Å². The Balaban J connectivity index is 1.52. The number of nitrogens with zero attached hydrogens (tertiary/aromatic N) is 1. The Hall–Kier alpha value is -3.23. The first-order valence-corrected chi connectivity index (χ1v) is 10.5. The van der Waals surface area contributed by atoms with Gasteiger partial charge in [-0.3, -0.25) is 9.59 Å². The molecule has 0 radical (unpaired) electrons. The summed E-state index contributed by atoms with van der Waals surface area (Å²) in [5.74, 6) is -0.344. The van der Waals surface area contributed by atoms with E-state index in [1.54, 1.807) is 31.2 Å². The molecule has 32 heavy (non-hydrogen) atoms. The summed E-state index contributed by atoms with van der Waals surface area (Å²) in [6.45, 7) is 3.36. The first-order valence-electron chi connectivity index (χ1n) is 10.5. The second kappa shape index (κ2) is 10.4. The molecule has 0 saturated carbocycles. The van der Waals surface area contributed by atoms with Crippen LogP contribution < -0.4 is 15.4 Å². The molecule has 1 saturated heterocycles. The number of likely N-dealkylation sites (tertiary alicyclic amines) is 1. The number of amides is 2. The van der Waals surface area contributed by atoms with Crippen molar-refractivity contribution < 1.29 is 27.5 Å². The van der Waals surface area contributed by atoms with Crippen molar-refractivity contribution in [3.05, 3.63) is 59.2 Å². The normalized spacial score (nSPS) is 13.7. The monoisotopic (exact) mass is 449 g/mol. The average molecular weight is 449 g/mol. The van der Waals surface area contributed by atoms with Crippen molar-refractivity contribution in [3.8, 4) is 5.75 Å². The zero-order valence-corrected chi connectivity index (χ0v) is 17.8. The number of carbonyl (C=O) groups is 2. The highest BCUT2D eigenvalue weighted by Gasteiger charge is 2.34. The van der Waals surface area contributed by atoms with Crippen molar-refractivity contribution in [2.24, 2.45) is 0 Å². The lowest BCUT2D eigenvalue weighted by Gasteiger charge is -2.16. The lowest BCUT2D eigenvalue weighted by atomic mass is 10.1. The van der Waals surface area contributed by atoms with Gasteiger partial charge in [-0.05, 0) is 55.7 Å². The molecule has 6 nitrogen and oxygen atoms in total. The molecule has 0 spiro atoms. The molecule has 3 rings (SSSR count). The predicted molar refractivity (Wildman–Crippen MR) is 115 cm³/mol. The summed E-state index contributed by atoms with van der Waals surface area (Å²) in [5.41, 5.74) is 0.294. The maximum absolute atomic E-state index is 13.3. The average Bonchev–Trinajstić information content (AvgIpc) is 3.31. The van der Waals surface area contributed by atoms with Crippen LogP contribution in [-0.4, -0.2) is 43.0 Å².